The summed E-state index contributed by atoms with van der Waals surface area (Å²) in [7, 11) is 1.40. The van der Waals surface area contributed by atoms with Gasteiger partial charge in [-0.1, -0.05) is 0 Å². The molecular weight excluding hydrogens is 294 g/mol. The summed E-state index contributed by atoms with van der Waals surface area (Å²) in [6.07, 6.45) is -0.130. The maximum absolute atomic E-state index is 12.1. The third-order valence-corrected chi connectivity index (χ3v) is 3.04. The van der Waals surface area contributed by atoms with E-state index in [0.717, 1.165) is 5.69 Å². The quantitative estimate of drug-likeness (QED) is 0.897. The Labute approximate surface area is 125 Å². The molecule has 0 bridgehead atoms. The molecule has 9 heteroatoms. The van der Waals surface area contributed by atoms with Crippen LogP contribution in [-0.2, 0) is 0 Å². The standard InChI is InChI=1S/C12H15N5O3S/c1-6(2)20-11-15-8(14-10(17-11)19-4)9(18)16-12-13-7(3)5-21-12/h5-6H,1-4H3,(H,13,16,18). The van der Waals surface area contributed by atoms with Gasteiger partial charge in [-0.3, -0.25) is 10.1 Å². The van der Waals surface area contributed by atoms with Crippen LogP contribution in [0.3, 0.4) is 0 Å². The molecule has 0 spiro atoms. The Morgan fingerprint density at radius 2 is 1.95 bits per heavy atom. The Morgan fingerprint density at radius 3 is 2.52 bits per heavy atom. The number of methoxy groups -OCH3 is 1. The molecule has 0 saturated carbocycles. The van der Waals surface area contributed by atoms with Crippen molar-refractivity contribution < 1.29 is 14.3 Å². The summed E-state index contributed by atoms with van der Waals surface area (Å²) in [5, 5.41) is 4.92. The topological polar surface area (TPSA) is 99.1 Å². The van der Waals surface area contributed by atoms with Crippen LogP contribution < -0.4 is 14.8 Å². The van der Waals surface area contributed by atoms with Gasteiger partial charge in [-0.2, -0.15) is 9.97 Å². The first-order valence-electron chi connectivity index (χ1n) is 6.18. The smallest absolute Gasteiger partial charge is 0.323 e. The van der Waals surface area contributed by atoms with Gasteiger partial charge >= 0.3 is 12.0 Å². The van der Waals surface area contributed by atoms with Crippen molar-refractivity contribution in [3.63, 3.8) is 0 Å². The first kappa shape index (κ1) is 15.1. The number of hydrogen-bond acceptors (Lipinski definition) is 8. The van der Waals surface area contributed by atoms with Crippen LogP contribution in [0.4, 0.5) is 5.13 Å². The fraction of sp³-hybridized carbons (Fsp3) is 0.417. The second-order valence-corrected chi connectivity index (χ2v) is 5.20. The predicted octanol–water partition coefficient (Wildman–Crippen LogP) is 1.68. The van der Waals surface area contributed by atoms with Gasteiger partial charge in [0.15, 0.2) is 5.13 Å². The van der Waals surface area contributed by atoms with Crippen molar-refractivity contribution in [3.05, 3.63) is 16.9 Å². The molecular formula is C12H15N5O3S. The molecule has 2 heterocycles. The zero-order chi connectivity index (χ0) is 15.4. The number of rotatable bonds is 5. The van der Waals surface area contributed by atoms with E-state index >= 15 is 0 Å². The molecule has 0 saturated heterocycles. The Kier molecular flexibility index (Phi) is 4.63. The fourth-order valence-electron chi connectivity index (χ4n) is 1.36. The molecule has 0 aliphatic rings. The highest BCUT2D eigenvalue weighted by Gasteiger charge is 2.17. The SMILES string of the molecule is COc1nc(OC(C)C)nc(C(=O)Nc2nc(C)cs2)n1. The summed E-state index contributed by atoms with van der Waals surface area (Å²) in [4.78, 5) is 28.1. The Balaban J connectivity index is 2.22. The highest BCUT2D eigenvalue weighted by atomic mass is 32.1. The van der Waals surface area contributed by atoms with Crippen molar-refractivity contribution in [1.29, 1.82) is 0 Å². The number of carbonyl (C=O) groups is 1. The average Bonchev–Trinajstić information content (AvgIpc) is 2.82. The lowest BCUT2D eigenvalue weighted by Crippen LogP contribution is -2.18. The van der Waals surface area contributed by atoms with Crippen molar-refractivity contribution in [3.8, 4) is 12.0 Å². The highest BCUT2D eigenvalue weighted by molar-refractivity contribution is 7.13. The number of aryl methyl sites for hydroxylation is 1. The molecule has 2 aromatic rings. The Hall–Kier alpha value is -2.29. The summed E-state index contributed by atoms with van der Waals surface area (Å²) >= 11 is 1.32. The lowest BCUT2D eigenvalue weighted by atomic mass is 10.5. The fourth-order valence-corrected chi connectivity index (χ4v) is 2.04. The van der Waals surface area contributed by atoms with Gasteiger partial charge in [-0.05, 0) is 20.8 Å². The molecule has 21 heavy (non-hydrogen) atoms. The van der Waals surface area contributed by atoms with Crippen molar-refractivity contribution in [2.24, 2.45) is 0 Å². The molecule has 2 rings (SSSR count). The second kappa shape index (κ2) is 6.44. The number of anilines is 1. The van der Waals surface area contributed by atoms with E-state index < -0.39 is 5.91 Å². The lowest BCUT2D eigenvalue weighted by molar-refractivity contribution is 0.101. The van der Waals surface area contributed by atoms with E-state index in [4.69, 9.17) is 9.47 Å². The zero-order valence-corrected chi connectivity index (χ0v) is 12.9. The molecule has 0 aliphatic carbocycles. The number of nitrogens with one attached hydrogen (secondary N) is 1. The Morgan fingerprint density at radius 1 is 1.24 bits per heavy atom. The third kappa shape index (κ3) is 4.09. The highest BCUT2D eigenvalue weighted by Crippen LogP contribution is 2.16. The first-order valence-corrected chi connectivity index (χ1v) is 7.06. The van der Waals surface area contributed by atoms with E-state index in [1.807, 2.05) is 26.2 Å². The third-order valence-electron chi connectivity index (χ3n) is 2.16. The maximum atomic E-state index is 12.1. The number of nitrogens with zero attached hydrogens (tertiary/aromatic N) is 4. The van der Waals surface area contributed by atoms with Crippen molar-refractivity contribution >= 4 is 22.4 Å². The van der Waals surface area contributed by atoms with Crippen LogP contribution in [0.1, 0.15) is 30.2 Å². The van der Waals surface area contributed by atoms with Gasteiger partial charge in [0.2, 0.25) is 5.82 Å². The number of hydrogen-bond donors (Lipinski definition) is 1. The van der Waals surface area contributed by atoms with Crippen LogP contribution in [0, 0.1) is 6.92 Å². The van der Waals surface area contributed by atoms with E-state index in [1.165, 1.54) is 18.4 Å². The molecule has 1 N–H and O–H groups in total. The Bertz CT molecular complexity index is 644. The molecule has 0 radical (unpaired) electrons. The number of aromatic nitrogens is 4. The zero-order valence-electron chi connectivity index (χ0n) is 12.1. The van der Waals surface area contributed by atoms with Crippen LogP contribution in [0.2, 0.25) is 0 Å². The molecule has 0 atom stereocenters. The number of amides is 1. The lowest BCUT2D eigenvalue weighted by Gasteiger charge is -2.09. The minimum Gasteiger partial charge on any atom is -0.467 e. The van der Waals surface area contributed by atoms with E-state index in [9.17, 15) is 4.79 Å². The van der Waals surface area contributed by atoms with Crippen LogP contribution in [0.25, 0.3) is 0 Å². The molecule has 2 aromatic heterocycles. The van der Waals surface area contributed by atoms with Crippen LogP contribution >= 0.6 is 11.3 Å². The average molecular weight is 309 g/mol. The summed E-state index contributed by atoms with van der Waals surface area (Å²) in [5.74, 6) is -0.594. The van der Waals surface area contributed by atoms with Crippen molar-refractivity contribution in [2.45, 2.75) is 26.9 Å². The van der Waals surface area contributed by atoms with Gasteiger partial charge in [-0.25, -0.2) is 4.98 Å². The summed E-state index contributed by atoms with van der Waals surface area (Å²) < 4.78 is 10.3. The van der Waals surface area contributed by atoms with E-state index in [1.54, 1.807) is 0 Å². The maximum Gasteiger partial charge on any atom is 0.323 e. The van der Waals surface area contributed by atoms with E-state index in [-0.39, 0.29) is 23.9 Å². The number of ether oxygens (including phenoxy) is 2. The minimum atomic E-state index is -0.501. The van der Waals surface area contributed by atoms with Crippen LogP contribution in [0.15, 0.2) is 5.38 Å². The van der Waals surface area contributed by atoms with Gasteiger partial charge in [0.05, 0.1) is 18.9 Å². The molecule has 1 amide bonds. The molecule has 0 unspecified atom stereocenters. The van der Waals surface area contributed by atoms with E-state index in [2.05, 4.69) is 25.3 Å². The monoisotopic (exact) mass is 309 g/mol. The summed E-state index contributed by atoms with van der Waals surface area (Å²) in [6.45, 7) is 5.50. The largest absolute Gasteiger partial charge is 0.467 e. The number of carbonyl (C=O) groups excluding carboxylic acids is 1. The summed E-state index contributed by atoms with van der Waals surface area (Å²) in [6, 6.07) is 0.0541. The van der Waals surface area contributed by atoms with Gasteiger partial charge in [-0.15, -0.1) is 16.3 Å². The summed E-state index contributed by atoms with van der Waals surface area (Å²) in [5.41, 5.74) is 0.826. The van der Waals surface area contributed by atoms with Crippen LogP contribution in [-0.4, -0.2) is 39.1 Å². The van der Waals surface area contributed by atoms with E-state index in [0.29, 0.717) is 5.13 Å². The van der Waals surface area contributed by atoms with Crippen molar-refractivity contribution in [1.82, 2.24) is 19.9 Å². The van der Waals surface area contributed by atoms with Gasteiger partial charge in [0.25, 0.3) is 5.91 Å². The molecule has 112 valence electrons. The van der Waals surface area contributed by atoms with Crippen LogP contribution in [0.5, 0.6) is 12.0 Å². The second-order valence-electron chi connectivity index (χ2n) is 4.34. The van der Waals surface area contributed by atoms with Gasteiger partial charge < -0.3 is 9.47 Å². The normalized spacial score (nSPS) is 10.5. The molecule has 0 aliphatic heterocycles. The molecule has 8 nitrogen and oxygen atoms in total. The first-order chi connectivity index (χ1) is 9.97. The van der Waals surface area contributed by atoms with Crippen molar-refractivity contribution in [2.75, 3.05) is 12.4 Å². The van der Waals surface area contributed by atoms with Gasteiger partial charge in [0, 0.05) is 5.38 Å². The minimum absolute atomic E-state index is 0.0149. The molecule has 0 aromatic carbocycles. The molecule has 0 fully saturated rings. The van der Waals surface area contributed by atoms with Gasteiger partial charge in [0.1, 0.15) is 0 Å². The predicted molar refractivity (Wildman–Crippen MR) is 76.9 cm³/mol. The number of thiazole rings is 1.